The van der Waals surface area contributed by atoms with Crippen LogP contribution in [0.25, 0.3) is 11.4 Å². The van der Waals surface area contributed by atoms with Crippen molar-refractivity contribution in [2.75, 3.05) is 0 Å². The van der Waals surface area contributed by atoms with Crippen LogP contribution in [-0.2, 0) is 13.2 Å². The number of aromatic nitrogens is 3. The summed E-state index contributed by atoms with van der Waals surface area (Å²) in [5.41, 5.74) is 0.552. The molecule has 0 saturated carbocycles. The summed E-state index contributed by atoms with van der Waals surface area (Å²) in [5, 5.41) is 27.9. The van der Waals surface area contributed by atoms with E-state index in [1.54, 1.807) is 10.6 Å². The van der Waals surface area contributed by atoms with Crippen molar-refractivity contribution in [1.82, 2.24) is 14.8 Å². The first-order valence-electron chi connectivity index (χ1n) is 5.55. The van der Waals surface area contributed by atoms with Gasteiger partial charge >= 0.3 is 0 Å². The van der Waals surface area contributed by atoms with Crippen LogP contribution in [-0.4, -0.2) is 24.8 Å². The molecule has 0 saturated heterocycles. The Hall–Kier alpha value is -1.80. The third-order valence-corrected chi connectivity index (χ3v) is 3.09. The van der Waals surface area contributed by atoms with Crippen molar-refractivity contribution in [2.24, 2.45) is 0 Å². The van der Waals surface area contributed by atoms with E-state index in [2.05, 4.69) is 26.1 Å². The molecular weight excluding hydrogens is 316 g/mol. The molecule has 1 heterocycles. The molecule has 0 amide bonds. The van der Waals surface area contributed by atoms with Crippen LogP contribution < -0.4 is 0 Å². The molecular formula is C11H11BrN4O3. The van der Waals surface area contributed by atoms with E-state index in [4.69, 9.17) is 5.11 Å². The van der Waals surface area contributed by atoms with E-state index < -0.39 is 4.92 Å². The number of nitro groups is 1. The molecule has 1 aromatic heterocycles. The Balaban J connectivity index is 2.58. The van der Waals surface area contributed by atoms with Gasteiger partial charge in [0, 0.05) is 28.7 Å². The third-order valence-electron chi connectivity index (χ3n) is 2.64. The number of hydrogen-bond donors (Lipinski definition) is 1. The Morgan fingerprint density at radius 3 is 2.74 bits per heavy atom. The predicted octanol–water partition coefficient (Wildman–Crippen LogP) is 2.13. The fourth-order valence-corrected chi connectivity index (χ4v) is 2.29. The Labute approximate surface area is 117 Å². The molecule has 0 aliphatic carbocycles. The summed E-state index contributed by atoms with van der Waals surface area (Å²) in [6.07, 6.45) is 0. The number of rotatable bonds is 4. The molecule has 0 bridgehead atoms. The maximum absolute atomic E-state index is 10.9. The molecule has 7 nitrogen and oxygen atoms in total. The highest BCUT2D eigenvalue weighted by molar-refractivity contribution is 9.10. The normalized spacial score (nSPS) is 10.7. The number of halogens is 1. The quantitative estimate of drug-likeness (QED) is 0.686. The number of benzene rings is 1. The number of nitrogens with zero attached hydrogens (tertiary/aromatic N) is 4. The lowest BCUT2D eigenvalue weighted by molar-refractivity contribution is -0.384. The molecule has 2 rings (SSSR count). The molecule has 0 aliphatic rings. The fourth-order valence-electron chi connectivity index (χ4n) is 1.81. The zero-order valence-corrected chi connectivity index (χ0v) is 11.7. The van der Waals surface area contributed by atoms with Gasteiger partial charge in [-0.15, -0.1) is 10.2 Å². The summed E-state index contributed by atoms with van der Waals surface area (Å²) in [7, 11) is 0. The van der Waals surface area contributed by atoms with Gasteiger partial charge in [0.15, 0.2) is 11.6 Å². The van der Waals surface area contributed by atoms with Crippen molar-refractivity contribution >= 4 is 21.6 Å². The van der Waals surface area contributed by atoms with Gasteiger partial charge in [0.05, 0.1) is 4.92 Å². The SMILES string of the molecule is CCn1c(CO)nnc1-c1cc(Br)cc([N+](=O)[O-])c1. The standard InChI is InChI=1S/C11H11BrN4O3/c1-2-15-10(6-17)13-14-11(15)7-3-8(12)5-9(4-7)16(18)19/h3-5,17H,2,6H2,1H3. The minimum absolute atomic E-state index is 0.0272. The molecule has 19 heavy (non-hydrogen) atoms. The van der Waals surface area contributed by atoms with Gasteiger partial charge < -0.3 is 9.67 Å². The highest BCUT2D eigenvalue weighted by Crippen LogP contribution is 2.28. The highest BCUT2D eigenvalue weighted by atomic mass is 79.9. The van der Waals surface area contributed by atoms with Crippen LogP contribution >= 0.6 is 15.9 Å². The van der Waals surface area contributed by atoms with Gasteiger partial charge in [-0.05, 0) is 13.0 Å². The van der Waals surface area contributed by atoms with Gasteiger partial charge in [-0.25, -0.2) is 0 Å². The summed E-state index contributed by atoms with van der Waals surface area (Å²) < 4.78 is 2.30. The molecule has 0 aliphatic heterocycles. The first-order valence-corrected chi connectivity index (χ1v) is 6.34. The minimum Gasteiger partial charge on any atom is -0.388 e. The van der Waals surface area contributed by atoms with Gasteiger partial charge in [0.1, 0.15) is 6.61 Å². The van der Waals surface area contributed by atoms with Gasteiger partial charge in [0.25, 0.3) is 5.69 Å². The average Bonchev–Trinajstić information content (AvgIpc) is 2.80. The number of hydrogen-bond acceptors (Lipinski definition) is 5. The van der Waals surface area contributed by atoms with Crippen molar-refractivity contribution in [3.8, 4) is 11.4 Å². The van der Waals surface area contributed by atoms with Crippen LogP contribution in [0.2, 0.25) is 0 Å². The Morgan fingerprint density at radius 1 is 1.42 bits per heavy atom. The minimum atomic E-state index is -0.464. The van der Waals surface area contributed by atoms with Gasteiger partial charge in [-0.2, -0.15) is 0 Å². The van der Waals surface area contributed by atoms with Crippen LogP contribution in [0.3, 0.4) is 0 Å². The summed E-state index contributed by atoms with van der Waals surface area (Å²) in [6, 6.07) is 4.58. The van der Waals surface area contributed by atoms with Gasteiger partial charge in [0.2, 0.25) is 0 Å². The molecule has 1 aromatic carbocycles. The number of aliphatic hydroxyl groups is 1. The van der Waals surface area contributed by atoms with Crippen molar-refractivity contribution in [3.63, 3.8) is 0 Å². The monoisotopic (exact) mass is 326 g/mol. The first-order chi connectivity index (χ1) is 9.06. The van der Waals surface area contributed by atoms with E-state index in [1.165, 1.54) is 12.1 Å². The second kappa shape index (κ2) is 5.45. The molecule has 0 radical (unpaired) electrons. The summed E-state index contributed by atoms with van der Waals surface area (Å²) in [6.45, 7) is 2.23. The smallest absolute Gasteiger partial charge is 0.271 e. The Bertz CT molecular complexity index is 626. The number of non-ortho nitro benzene ring substituents is 1. The third kappa shape index (κ3) is 2.64. The van der Waals surface area contributed by atoms with E-state index in [0.29, 0.717) is 28.2 Å². The molecule has 0 atom stereocenters. The van der Waals surface area contributed by atoms with Crippen molar-refractivity contribution in [3.05, 3.63) is 38.6 Å². The largest absolute Gasteiger partial charge is 0.388 e. The van der Waals surface area contributed by atoms with E-state index in [0.717, 1.165) is 0 Å². The Morgan fingerprint density at radius 2 is 2.16 bits per heavy atom. The van der Waals surface area contributed by atoms with Gasteiger partial charge in [-0.3, -0.25) is 10.1 Å². The van der Waals surface area contributed by atoms with E-state index in [9.17, 15) is 10.1 Å². The fraction of sp³-hybridized carbons (Fsp3) is 0.273. The van der Waals surface area contributed by atoms with Crippen molar-refractivity contribution < 1.29 is 10.0 Å². The van der Waals surface area contributed by atoms with E-state index >= 15 is 0 Å². The maximum Gasteiger partial charge on any atom is 0.271 e. The van der Waals surface area contributed by atoms with E-state index in [1.807, 2.05) is 6.92 Å². The first kappa shape index (κ1) is 13.6. The molecule has 8 heteroatoms. The van der Waals surface area contributed by atoms with E-state index in [-0.39, 0.29) is 12.3 Å². The summed E-state index contributed by atoms with van der Waals surface area (Å²) >= 11 is 3.24. The summed E-state index contributed by atoms with van der Waals surface area (Å²) in [4.78, 5) is 10.4. The van der Waals surface area contributed by atoms with Crippen molar-refractivity contribution in [1.29, 1.82) is 0 Å². The molecule has 0 fully saturated rings. The topological polar surface area (TPSA) is 94.1 Å². The van der Waals surface area contributed by atoms with Crippen LogP contribution in [0, 0.1) is 10.1 Å². The molecule has 2 aromatic rings. The Kier molecular flexibility index (Phi) is 3.91. The zero-order chi connectivity index (χ0) is 14.0. The van der Waals surface area contributed by atoms with Crippen LogP contribution in [0.4, 0.5) is 5.69 Å². The van der Waals surface area contributed by atoms with Gasteiger partial charge in [-0.1, -0.05) is 15.9 Å². The number of aliphatic hydroxyl groups excluding tert-OH is 1. The molecule has 0 unspecified atom stereocenters. The zero-order valence-electron chi connectivity index (χ0n) is 10.1. The van der Waals surface area contributed by atoms with Crippen molar-refractivity contribution in [2.45, 2.75) is 20.1 Å². The maximum atomic E-state index is 10.9. The highest BCUT2D eigenvalue weighted by Gasteiger charge is 2.16. The second-order valence-corrected chi connectivity index (χ2v) is 4.71. The second-order valence-electron chi connectivity index (χ2n) is 3.80. The van der Waals surface area contributed by atoms with Crippen LogP contribution in [0.15, 0.2) is 22.7 Å². The van der Waals surface area contributed by atoms with Crippen LogP contribution in [0.1, 0.15) is 12.7 Å². The lowest BCUT2D eigenvalue weighted by atomic mass is 10.2. The van der Waals surface area contributed by atoms with Crippen LogP contribution in [0.5, 0.6) is 0 Å². The lowest BCUT2D eigenvalue weighted by Gasteiger charge is -2.06. The average molecular weight is 327 g/mol. The number of nitro benzene ring substituents is 1. The predicted molar refractivity (Wildman–Crippen MR) is 71.4 cm³/mol. The lowest BCUT2D eigenvalue weighted by Crippen LogP contribution is -2.03. The molecule has 0 spiro atoms. The molecule has 100 valence electrons. The molecule has 1 N–H and O–H groups in total. The summed E-state index contributed by atoms with van der Waals surface area (Å²) in [5.74, 6) is 0.927.